The summed E-state index contributed by atoms with van der Waals surface area (Å²) in [6.45, 7) is 0. The van der Waals surface area contributed by atoms with E-state index >= 15 is 0 Å². The molecule has 0 radical (unpaired) electrons. The van der Waals surface area contributed by atoms with Crippen molar-refractivity contribution in [3.05, 3.63) is 42.2 Å². The number of H-pyrrole nitrogens is 1. The van der Waals surface area contributed by atoms with Crippen molar-refractivity contribution in [1.29, 1.82) is 0 Å². The third-order valence-corrected chi connectivity index (χ3v) is 3.83. The lowest BCUT2D eigenvalue weighted by molar-refractivity contribution is 0.601. The molecular weight excluding hydrogens is 272 g/mol. The van der Waals surface area contributed by atoms with Crippen LogP contribution >= 0.6 is 12.2 Å². The zero-order chi connectivity index (χ0) is 13.2. The summed E-state index contributed by atoms with van der Waals surface area (Å²) in [6, 6.07) is 6.01. The third-order valence-electron chi connectivity index (χ3n) is 2.20. The predicted molar refractivity (Wildman–Crippen MR) is 71.7 cm³/mol. The largest absolute Gasteiger partial charge is 0.389 e. The molecule has 1 aromatic heterocycles. The number of aromatic amines is 1. The lowest BCUT2D eigenvalue weighted by Crippen LogP contribution is -2.13. The van der Waals surface area contributed by atoms with Crippen LogP contribution in [0.25, 0.3) is 0 Å². The molecule has 0 aliphatic rings. The van der Waals surface area contributed by atoms with E-state index in [0.29, 0.717) is 11.3 Å². The molecule has 0 aliphatic carbocycles. The van der Waals surface area contributed by atoms with Crippen LogP contribution < -0.4 is 10.5 Å². The molecule has 2 rings (SSSR count). The van der Waals surface area contributed by atoms with E-state index in [1.165, 1.54) is 24.5 Å². The first-order valence-electron chi connectivity index (χ1n) is 4.90. The Morgan fingerprint density at radius 2 is 2.00 bits per heavy atom. The summed E-state index contributed by atoms with van der Waals surface area (Å²) in [5, 5.41) is 6.17. The Labute approximate surface area is 109 Å². The number of thiocarbonyl (C=S) groups is 1. The molecule has 18 heavy (non-hydrogen) atoms. The summed E-state index contributed by atoms with van der Waals surface area (Å²) in [5.74, 6) is 0. The molecule has 1 heterocycles. The van der Waals surface area contributed by atoms with Gasteiger partial charge in [-0.3, -0.25) is 9.82 Å². The van der Waals surface area contributed by atoms with Gasteiger partial charge in [-0.25, -0.2) is 8.42 Å². The molecule has 1 aromatic carbocycles. The van der Waals surface area contributed by atoms with Gasteiger partial charge in [0.05, 0.1) is 16.8 Å². The minimum atomic E-state index is -3.62. The Balaban J connectivity index is 2.27. The summed E-state index contributed by atoms with van der Waals surface area (Å²) >= 11 is 4.79. The van der Waals surface area contributed by atoms with Crippen molar-refractivity contribution < 1.29 is 8.42 Å². The topological polar surface area (TPSA) is 101 Å². The molecule has 0 fully saturated rings. The average molecular weight is 282 g/mol. The fourth-order valence-electron chi connectivity index (χ4n) is 1.32. The third kappa shape index (κ3) is 2.66. The van der Waals surface area contributed by atoms with Crippen molar-refractivity contribution in [3.63, 3.8) is 0 Å². The monoisotopic (exact) mass is 282 g/mol. The highest BCUT2D eigenvalue weighted by atomic mass is 32.2. The van der Waals surface area contributed by atoms with Crippen LogP contribution in [0.5, 0.6) is 0 Å². The second-order valence-corrected chi connectivity index (χ2v) is 5.60. The van der Waals surface area contributed by atoms with Gasteiger partial charge in [0.15, 0.2) is 0 Å². The first-order chi connectivity index (χ1) is 8.49. The van der Waals surface area contributed by atoms with Crippen LogP contribution in [0.3, 0.4) is 0 Å². The van der Waals surface area contributed by atoms with E-state index in [2.05, 4.69) is 14.9 Å². The van der Waals surface area contributed by atoms with Crippen LogP contribution in [-0.4, -0.2) is 23.6 Å². The molecule has 0 amide bonds. The number of nitrogens with two attached hydrogens (primary N) is 1. The maximum atomic E-state index is 12.0. The summed E-state index contributed by atoms with van der Waals surface area (Å²) in [7, 11) is -3.62. The van der Waals surface area contributed by atoms with Crippen molar-refractivity contribution >= 4 is 32.9 Å². The van der Waals surface area contributed by atoms with Crippen LogP contribution in [0.4, 0.5) is 5.69 Å². The number of nitrogens with zero attached hydrogens (tertiary/aromatic N) is 1. The molecule has 6 nitrogen and oxygen atoms in total. The lowest BCUT2D eigenvalue weighted by Gasteiger charge is -2.06. The molecule has 0 bridgehead atoms. The van der Waals surface area contributed by atoms with Gasteiger partial charge in [0.25, 0.3) is 10.0 Å². The van der Waals surface area contributed by atoms with Gasteiger partial charge in [0, 0.05) is 11.8 Å². The minimum Gasteiger partial charge on any atom is -0.389 e. The minimum absolute atomic E-state index is 0.128. The summed E-state index contributed by atoms with van der Waals surface area (Å²) in [4.78, 5) is 0.352. The molecule has 2 aromatic rings. The molecular formula is C10H10N4O2S2. The zero-order valence-electron chi connectivity index (χ0n) is 9.12. The van der Waals surface area contributed by atoms with Crippen molar-refractivity contribution in [2.24, 2.45) is 5.73 Å². The summed E-state index contributed by atoms with van der Waals surface area (Å²) in [5.41, 5.74) is 6.42. The molecule has 8 heteroatoms. The van der Waals surface area contributed by atoms with E-state index in [-0.39, 0.29) is 9.88 Å². The Hall–Kier alpha value is -1.93. The van der Waals surface area contributed by atoms with E-state index in [4.69, 9.17) is 18.0 Å². The Kier molecular flexibility index (Phi) is 3.30. The van der Waals surface area contributed by atoms with Crippen LogP contribution in [0.1, 0.15) is 5.56 Å². The lowest BCUT2D eigenvalue weighted by atomic mass is 10.2. The van der Waals surface area contributed by atoms with Crippen LogP contribution in [0.15, 0.2) is 41.6 Å². The van der Waals surface area contributed by atoms with E-state index in [1.54, 1.807) is 12.1 Å². The molecule has 0 spiro atoms. The quantitative estimate of drug-likeness (QED) is 0.722. The van der Waals surface area contributed by atoms with Gasteiger partial charge in [-0.15, -0.1) is 0 Å². The highest BCUT2D eigenvalue weighted by molar-refractivity contribution is 7.92. The second-order valence-electron chi connectivity index (χ2n) is 3.48. The molecule has 0 atom stereocenters. The standard InChI is InChI=1S/C10H10N4O2S2/c11-10(17)7-1-3-9(4-2-7)18(15,16)14-8-5-12-13-6-8/h1-6,14H,(H2,11,17)(H,12,13). The van der Waals surface area contributed by atoms with Gasteiger partial charge in [0.1, 0.15) is 4.99 Å². The van der Waals surface area contributed by atoms with Gasteiger partial charge in [-0.05, 0) is 12.1 Å². The van der Waals surface area contributed by atoms with Crippen molar-refractivity contribution in [1.82, 2.24) is 10.2 Å². The van der Waals surface area contributed by atoms with E-state index in [0.717, 1.165) is 0 Å². The predicted octanol–water partition coefficient (Wildman–Crippen LogP) is 0.845. The number of hydrogen-bond donors (Lipinski definition) is 3. The zero-order valence-corrected chi connectivity index (χ0v) is 10.8. The van der Waals surface area contributed by atoms with Gasteiger partial charge in [0.2, 0.25) is 0 Å². The molecule has 0 saturated heterocycles. The Morgan fingerprint density at radius 3 is 2.50 bits per heavy atom. The highest BCUT2D eigenvalue weighted by Gasteiger charge is 2.14. The van der Waals surface area contributed by atoms with Crippen molar-refractivity contribution in [2.75, 3.05) is 4.72 Å². The fourth-order valence-corrected chi connectivity index (χ4v) is 2.49. The number of aromatic nitrogens is 2. The van der Waals surface area contributed by atoms with Gasteiger partial charge >= 0.3 is 0 Å². The molecule has 4 N–H and O–H groups in total. The number of sulfonamides is 1. The number of nitrogens with one attached hydrogen (secondary N) is 2. The van der Waals surface area contributed by atoms with Gasteiger partial charge in [-0.2, -0.15) is 5.10 Å². The van der Waals surface area contributed by atoms with E-state index < -0.39 is 10.0 Å². The maximum absolute atomic E-state index is 12.0. The number of benzene rings is 1. The SMILES string of the molecule is NC(=S)c1ccc(S(=O)(=O)Nc2cn[nH]c2)cc1. The Bertz CT molecular complexity index is 648. The number of rotatable bonds is 4. The van der Waals surface area contributed by atoms with Crippen LogP contribution in [0, 0.1) is 0 Å². The smallest absolute Gasteiger partial charge is 0.261 e. The highest BCUT2D eigenvalue weighted by Crippen LogP contribution is 2.15. The van der Waals surface area contributed by atoms with Gasteiger partial charge in [-0.1, -0.05) is 24.4 Å². The average Bonchev–Trinajstić information content (AvgIpc) is 2.81. The van der Waals surface area contributed by atoms with Gasteiger partial charge < -0.3 is 5.73 Å². The summed E-state index contributed by atoms with van der Waals surface area (Å²) in [6.07, 6.45) is 2.82. The number of anilines is 1. The first kappa shape index (κ1) is 12.5. The molecule has 94 valence electrons. The van der Waals surface area contributed by atoms with Crippen LogP contribution in [0.2, 0.25) is 0 Å². The van der Waals surface area contributed by atoms with Crippen molar-refractivity contribution in [2.45, 2.75) is 4.90 Å². The molecule has 0 saturated carbocycles. The fraction of sp³-hybridized carbons (Fsp3) is 0. The molecule has 0 aliphatic heterocycles. The summed E-state index contributed by atoms with van der Waals surface area (Å²) < 4.78 is 26.3. The first-order valence-corrected chi connectivity index (χ1v) is 6.79. The molecule has 0 unspecified atom stereocenters. The normalized spacial score (nSPS) is 11.1. The van der Waals surface area contributed by atoms with Crippen molar-refractivity contribution in [3.8, 4) is 0 Å². The number of hydrogen-bond acceptors (Lipinski definition) is 4. The van der Waals surface area contributed by atoms with Crippen LogP contribution in [-0.2, 0) is 10.0 Å². The van der Waals surface area contributed by atoms with E-state index in [1.807, 2.05) is 0 Å². The van der Waals surface area contributed by atoms with E-state index in [9.17, 15) is 8.42 Å². The Morgan fingerprint density at radius 1 is 1.33 bits per heavy atom. The maximum Gasteiger partial charge on any atom is 0.261 e. The second kappa shape index (κ2) is 4.75.